The highest BCUT2D eigenvalue weighted by molar-refractivity contribution is 6.34. The lowest BCUT2D eigenvalue weighted by Crippen LogP contribution is -2.38. The molecule has 0 aliphatic carbocycles. The Kier molecular flexibility index (Phi) is 7.29. The van der Waals surface area contributed by atoms with Crippen molar-refractivity contribution in [2.75, 3.05) is 27.2 Å². The van der Waals surface area contributed by atoms with Crippen molar-refractivity contribution in [3.63, 3.8) is 0 Å². The van der Waals surface area contributed by atoms with Gasteiger partial charge in [0.25, 0.3) is 0 Å². The van der Waals surface area contributed by atoms with Gasteiger partial charge in [-0.25, -0.2) is 4.98 Å². The van der Waals surface area contributed by atoms with Crippen LogP contribution in [0.15, 0.2) is 42.6 Å². The molecule has 0 bridgehead atoms. The molecule has 154 valence electrons. The minimum atomic E-state index is 0.181. The Hall–Kier alpha value is -2.37. The van der Waals surface area contributed by atoms with Gasteiger partial charge in [0.05, 0.1) is 18.3 Å². The monoisotopic (exact) mass is 413 g/mol. The summed E-state index contributed by atoms with van der Waals surface area (Å²) in [5, 5.41) is 1.29. The van der Waals surface area contributed by atoms with Crippen molar-refractivity contribution < 1.29 is 9.47 Å². The number of nitrogens with zero attached hydrogens (tertiary/aromatic N) is 3. The van der Waals surface area contributed by atoms with E-state index in [1.165, 1.54) is 0 Å². The Bertz CT molecular complexity index is 964. The van der Waals surface area contributed by atoms with Crippen molar-refractivity contribution in [3.05, 3.63) is 47.7 Å². The maximum absolute atomic E-state index is 6.35. The zero-order valence-electron chi connectivity index (χ0n) is 17.5. The molecule has 29 heavy (non-hydrogen) atoms. The number of piperidine rings is 1. The standard InChI is InChI=1S/C21H22ClN3O2.C2H6/c1-25-10-4-5-15(13-25)27-19-8-7-14(11-20(19)26-2)17-12-18-16(21(22)24-17)6-3-9-23-18;1-2/h3,6-9,11-12,15H,4-5,10,13H2,1-2H3;1-2H3. The molecule has 1 aliphatic rings. The number of ether oxygens (including phenoxy) is 2. The van der Waals surface area contributed by atoms with Crippen LogP contribution in [0.25, 0.3) is 22.2 Å². The molecule has 0 radical (unpaired) electrons. The van der Waals surface area contributed by atoms with Crippen molar-refractivity contribution in [2.24, 2.45) is 0 Å². The molecule has 0 amide bonds. The molecule has 3 aromatic rings. The second-order valence-corrected chi connectivity index (χ2v) is 7.24. The highest BCUT2D eigenvalue weighted by atomic mass is 35.5. The van der Waals surface area contributed by atoms with Gasteiger partial charge in [-0.15, -0.1) is 0 Å². The number of pyridine rings is 2. The largest absolute Gasteiger partial charge is 0.493 e. The predicted molar refractivity (Wildman–Crippen MR) is 119 cm³/mol. The molecule has 4 rings (SSSR count). The molecule has 0 saturated carbocycles. The third-order valence-corrected chi connectivity index (χ3v) is 5.18. The highest BCUT2D eigenvalue weighted by Gasteiger charge is 2.20. The quantitative estimate of drug-likeness (QED) is 0.531. The van der Waals surface area contributed by atoms with E-state index in [2.05, 4.69) is 21.9 Å². The lowest BCUT2D eigenvalue weighted by atomic mass is 10.1. The number of rotatable bonds is 4. The molecule has 1 unspecified atom stereocenters. The van der Waals surface area contributed by atoms with Crippen LogP contribution < -0.4 is 9.47 Å². The van der Waals surface area contributed by atoms with E-state index in [1.54, 1.807) is 13.3 Å². The van der Waals surface area contributed by atoms with E-state index in [9.17, 15) is 0 Å². The van der Waals surface area contributed by atoms with E-state index in [0.29, 0.717) is 10.9 Å². The fourth-order valence-electron chi connectivity index (χ4n) is 3.50. The van der Waals surface area contributed by atoms with Crippen molar-refractivity contribution >= 4 is 22.5 Å². The van der Waals surface area contributed by atoms with Crippen LogP contribution in [0.5, 0.6) is 11.5 Å². The Morgan fingerprint density at radius 1 is 1.14 bits per heavy atom. The first-order valence-corrected chi connectivity index (χ1v) is 10.5. The smallest absolute Gasteiger partial charge is 0.161 e. The molecule has 1 aliphatic heterocycles. The minimum Gasteiger partial charge on any atom is -0.493 e. The van der Waals surface area contributed by atoms with Crippen LogP contribution in [0.3, 0.4) is 0 Å². The number of aromatic nitrogens is 2. The van der Waals surface area contributed by atoms with Crippen molar-refractivity contribution in [3.8, 4) is 22.8 Å². The Balaban J connectivity index is 0.00000117. The third kappa shape index (κ3) is 4.98. The number of fused-ring (bicyclic) bond motifs is 1. The minimum absolute atomic E-state index is 0.181. The number of methoxy groups -OCH3 is 1. The molecule has 2 aromatic heterocycles. The first kappa shape index (κ1) is 21.3. The van der Waals surface area contributed by atoms with E-state index in [0.717, 1.165) is 53.8 Å². The van der Waals surface area contributed by atoms with Gasteiger partial charge in [0.1, 0.15) is 11.3 Å². The van der Waals surface area contributed by atoms with Gasteiger partial charge in [-0.05, 0) is 62.8 Å². The van der Waals surface area contributed by atoms with Gasteiger partial charge < -0.3 is 14.4 Å². The first-order chi connectivity index (χ1) is 14.1. The summed E-state index contributed by atoms with van der Waals surface area (Å²) in [6, 6.07) is 11.6. The molecule has 1 saturated heterocycles. The Labute approximate surface area is 177 Å². The van der Waals surface area contributed by atoms with Gasteiger partial charge in [0.2, 0.25) is 0 Å². The highest BCUT2D eigenvalue weighted by Crippen LogP contribution is 2.35. The average molecular weight is 414 g/mol. The van der Waals surface area contributed by atoms with Gasteiger partial charge in [0.15, 0.2) is 11.5 Å². The van der Waals surface area contributed by atoms with E-state index in [4.69, 9.17) is 21.1 Å². The number of hydrogen-bond donors (Lipinski definition) is 0. The number of hydrogen-bond acceptors (Lipinski definition) is 5. The molecule has 1 atom stereocenters. The second-order valence-electron chi connectivity index (χ2n) is 6.88. The van der Waals surface area contributed by atoms with E-state index < -0.39 is 0 Å². The lowest BCUT2D eigenvalue weighted by Gasteiger charge is -2.30. The predicted octanol–water partition coefficient (Wildman–Crippen LogP) is 5.46. The maximum Gasteiger partial charge on any atom is 0.161 e. The van der Waals surface area contributed by atoms with Crippen LogP contribution >= 0.6 is 11.6 Å². The fourth-order valence-corrected chi connectivity index (χ4v) is 3.75. The van der Waals surface area contributed by atoms with Crippen LogP contribution in [0.2, 0.25) is 5.15 Å². The number of benzene rings is 1. The van der Waals surface area contributed by atoms with Crippen LogP contribution in [0.1, 0.15) is 26.7 Å². The maximum atomic E-state index is 6.35. The molecule has 3 heterocycles. The molecular formula is C23H28ClN3O2. The van der Waals surface area contributed by atoms with Crippen molar-refractivity contribution in [2.45, 2.75) is 32.8 Å². The van der Waals surface area contributed by atoms with Gasteiger partial charge in [-0.2, -0.15) is 0 Å². The molecular weight excluding hydrogens is 386 g/mol. The topological polar surface area (TPSA) is 47.5 Å². The van der Waals surface area contributed by atoms with Crippen molar-refractivity contribution in [1.29, 1.82) is 0 Å². The summed E-state index contributed by atoms with van der Waals surface area (Å²) < 4.78 is 11.8. The molecule has 5 nitrogen and oxygen atoms in total. The summed E-state index contributed by atoms with van der Waals surface area (Å²) in [5.74, 6) is 1.45. The number of likely N-dealkylation sites (tertiary alicyclic amines) is 1. The zero-order chi connectivity index (χ0) is 20.8. The first-order valence-electron chi connectivity index (χ1n) is 10.1. The van der Waals surface area contributed by atoms with Gasteiger partial charge >= 0.3 is 0 Å². The van der Waals surface area contributed by atoms with Crippen LogP contribution in [-0.2, 0) is 0 Å². The molecule has 6 heteroatoms. The summed E-state index contributed by atoms with van der Waals surface area (Å²) in [6.07, 6.45) is 4.14. The van der Waals surface area contributed by atoms with E-state index in [-0.39, 0.29) is 6.10 Å². The third-order valence-electron chi connectivity index (χ3n) is 4.89. The molecule has 1 aromatic carbocycles. The molecule has 1 fully saturated rings. The summed E-state index contributed by atoms with van der Waals surface area (Å²) >= 11 is 6.35. The SMILES string of the molecule is CC.COc1cc(-c2cc3ncccc3c(Cl)n2)ccc1OC1CCCN(C)C1. The number of likely N-dealkylation sites (N-methyl/N-ethyl adjacent to an activating group) is 1. The van der Waals surface area contributed by atoms with Crippen molar-refractivity contribution in [1.82, 2.24) is 14.9 Å². The summed E-state index contributed by atoms with van der Waals surface area (Å²) in [6.45, 7) is 6.05. The molecule has 0 N–H and O–H groups in total. The Morgan fingerprint density at radius 2 is 1.97 bits per heavy atom. The summed E-state index contributed by atoms with van der Waals surface area (Å²) in [4.78, 5) is 11.2. The van der Waals surface area contributed by atoms with Gasteiger partial charge in [0, 0.05) is 23.7 Å². The fraction of sp³-hybridized carbons (Fsp3) is 0.391. The zero-order valence-corrected chi connectivity index (χ0v) is 18.2. The van der Waals surface area contributed by atoms with Crippen LogP contribution in [0, 0.1) is 0 Å². The van der Waals surface area contributed by atoms with E-state index in [1.807, 2.05) is 50.2 Å². The summed E-state index contributed by atoms with van der Waals surface area (Å²) in [7, 11) is 3.78. The molecule has 0 spiro atoms. The van der Waals surface area contributed by atoms with Gasteiger partial charge in [-0.3, -0.25) is 4.98 Å². The number of halogens is 1. The van der Waals surface area contributed by atoms with Gasteiger partial charge in [-0.1, -0.05) is 25.4 Å². The summed E-state index contributed by atoms with van der Waals surface area (Å²) in [5.41, 5.74) is 2.49. The second kappa shape index (κ2) is 9.90. The van der Waals surface area contributed by atoms with Crippen LogP contribution in [0.4, 0.5) is 0 Å². The normalized spacial score (nSPS) is 16.8. The Morgan fingerprint density at radius 3 is 2.72 bits per heavy atom. The lowest BCUT2D eigenvalue weighted by molar-refractivity contribution is 0.101. The average Bonchev–Trinajstić information content (AvgIpc) is 2.75. The van der Waals surface area contributed by atoms with E-state index >= 15 is 0 Å². The van der Waals surface area contributed by atoms with Crippen LogP contribution in [-0.4, -0.2) is 48.2 Å².